The smallest absolute Gasteiger partial charge is 0.313 e. The number of rotatable bonds is 4. The van der Waals surface area contributed by atoms with Gasteiger partial charge in [0.2, 0.25) is 0 Å². The van der Waals surface area contributed by atoms with E-state index in [9.17, 15) is 4.79 Å². The van der Waals surface area contributed by atoms with Crippen LogP contribution in [0.2, 0.25) is 0 Å². The molecule has 88 valence electrons. The van der Waals surface area contributed by atoms with Crippen LogP contribution in [0.15, 0.2) is 29.2 Å². The third kappa shape index (κ3) is 3.01. The quantitative estimate of drug-likeness (QED) is 0.594. The molecular formula is C13H18O2S. The number of carbonyl (C=O) groups excluding carboxylic acids is 1. The average Bonchev–Trinajstić information content (AvgIpc) is 2.29. The zero-order chi connectivity index (χ0) is 12.1. The minimum absolute atomic E-state index is 0.160. The Morgan fingerprint density at radius 3 is 2.19 bits per heavy atom. The van der Waals surface area contributed by atoms with Gasteiger partial charge in [0.1, 0.15) is 0 Å². The van der Waals surface area contributed by atoms with Gasteiger partial charge in [-0.15, -0.1) is 11.8 Å². The lowest BCUT2D eigenvalue weighted by atomic mass is 9.88. The van der Waals surface area contributed by atoms with Crippen LogP contribution in [-0.2, 0) is 9.53 Å². The Bertz CT molecular complexity index is 343. The number of thioether (sulfide) groups is 1. The average molecular weight is 238 g/mol. The van der Waals surface area contributed by atoms with Gasteiger partial charge < -0.3 is 4.74 Å². The molecule has 0 radical (unpaired) electrons. The highest BCUT2D eigenvalue weighted by atomic mass is 32.2. The van der Waals surface area contributed by atoms with Crippen molar-refractivity contribution in [2.45, 2.75) is 24.7 Å². The molecule has 1 aromatic rings. The van der Waals surface area contributed by atoms with Gasteiger partial charge in [0.25, 0.3) is 0 Å². The van der Waals surface area contributed by atoms with Crippen LogP contribution in [0.5, 0.6) is 0 Å². The highest BCUT2D eigenvalue weighted by molar-refractivity contribution is 7.98. The van der Waals surface area contributed by atoms with E-state index >= 15 is 0 Å². The molecule has 1 aromatic carbocycles. The fraction of sp³-hybridized carbons (Fsp3) is 0.462. The van der Waals surface area contributed by atoms with E-state index in [1.165, 1.54) is 12.0 Å². The second kappa shape index (κ2) is 5.94. The molecule has 16 heavy (non-hydrogen) atoms. The van der Waals surface area contributed by atoms with E-state index in [4.69, 9.17) is 4.74 Å². The predicted octanol–water partition coefficient (Wildman–Crippen LogP) is 3.32. The third-order valence-corrected chi connectivity index (χ3v) is 3.34. The Morgan fingerprint density at radius 1 is 1.25 bits per heavy atom. The van der Waals surface area contributed by atoms with Gasteiger partial charge in [-0.2, -0.15) is 0 Å². The van der Waals surface area contributed by atoms with Crippen molar-refractivity contribution >= 4 is 17.7 Å². The summed E-state index contributed by atoms with van der Waals surface area (Å²) in [7, 11) is 1.44. The normalized spacial score (nSPS) is 12.6. The number of benzene rings is 1. The first-order valence-electron chi connectivity index (χ1n) is 5.32. The van der Waals surface area contributed by atoms with Crippen LogP contribution in [0.25, 0.3) is 0 Å². The first-order valence-corrected chi connectivity index (χ1v) is 6.54. The Morgan fingerprint density at radius 2 is 1.81 bits per heavy atom. The molecule has 0 spiro atoms. The van der Waals surface area contributed by atoms with Crippen LogP contribution in [0.1, 0.15) is 25.3 Å². The number of esters is 1. The molecule has 3 heteroatoms. The van der Waals surface area contributed by atoms with E-state index in [2.05, 4.69) is 0 Å². The summed E-state index contributed by atoms with van der Waals surface area (Å²) >= 11 is 1.70. The lowest BCUT2D eigenvalue weighted by Crippen LogP contribution is -2.19. The van der Waals surface area contributed by atoms with Crippen LogP contribution in [0.4, 0.5) is 0 Å². The van der Waals surface area contributed by atoms with E-state index < -0.39 is 0 Å². The van der Waals surface area contributed by atoms with Crippen LogP contribution >= 0.6 is 11.8 Å². The van der Waals surface area contributed by atoms with Gasteiger partial charge in [-0.25, -0.2) is 0 Å². The van der Waals surface area contributed by atoms with Crippen LogP contribution in [-0.4, -0.2) is 19.3 Å². The van der Waals surface area contributed by atoms with Gasteiger partial charge >= 0.3 is 5.97 Å². The Hall–Kier alpha value is -0.960. The maximum absolute atomic E-state index is 11.7. The first kappa shape index (κ1) is 13.1. The monoisotopic (exact) mass is 238 g/mol. The predicted molar refractivity (Wildman–Crippen MR) is 67.8 cm³/mol. The van der Waals surface area contributed by atoms with E-state index in [1.54, 1.807) is 11.8 Å². The molecule has 0 N–H and O–H groups in total. The molecule has 0 saturated carbocycles. The Labute approximate surface area is 101 Å². The number of hydrogen-bond acceptors (Lipinski definition) is 3. The summed E-state index contributed by atoms with van der Waals surface area (Å²) in [5.74, 6) is -0.0830. The highest BCUT2D eigenvalue weighted by Gasteiger charge is 2.24. The molecule has 0 aliphatic rings. The first-order chi connectivity index (χ1) is 7.60. The number of carbonyl (C=O) groups is 1. The fourth-order valence-electron chi connectivity index (χ4n) is 1.73. The van der Waals surface area contributed by atoms with E-state index in [0.29, 0.717) is 0 Å². The molecule has 1 rings (SSSR count). The van der Waals surface area contributed by atoms with Crippen molar-refractivity contribution < 1.29 is 9.53 Å². The van der Waals surface area contributed by atoms with Crippen molar-refractivity contribution in [2.24, 2.45) is 5.92 Å². The van der Waals surface area contributed by atoms with Gasteiger partial charge in [0.05, 0.1) is 13.0 Å². The standard InChI is InChI=1S/C13H18O2S/c1-9(2)12(13(14)15-3)10-5-7-11(16-4)8-6-10/h5-9,12H,1-4H3. The van der Waals surface area contributed by atoms with Gasteiger partial charge in [-0.05, 0) is 29.9 Å². The molecule has 0 bridgehead atoms. The van der Waals surface area contributed by atoms with Crippen molar-refractivity contribution in [2.75, 3.05) is 13.4 Å². The topological polar surface area (TPSA) is 26.3 Å². The maximum Gasteiger partial charge on any atom is 0.313 e. The SMILES string of the molecule is COC(=O)C(c1ccc(SC)cc1)C(C)C. The summed E-state index contributed by atoms with van der Waals surface area (Å²) in [6.07, 6.45) is 2.04. The highest BCUT2D eigenvalue weighted by Crippen LogP contribution is 2.27. The number of ether oxygens (including phenoxy) is 1. The molecule has 0 aliphatic heterocycles. The summed E-state index contributed by atoms with van der Waals surface area (Å²) in [6.45, 7) is 4.06. The zero-order valence-electron chi connectivity index (χ0n) is 10.2. The minimum Gasteiger partial charge on any atom is -0.469 e. The van der Waals surface area contributed by atoms with Gasteiger partial charge in [-0.3, -0.25) is 4.79 Å². The molecule has 0 heterocycles. The molecule has 0 aliphatic carbocycles. The lowest BCUT2D eigenvalue weighted by molar-refractivity contribution is -0.143. The molecule has 0 amide bonds. The second-order valence-corrected chi connectivity index (χ2v) is 4.90. The summed E-state index contributed by atoms with van der Waals surface area (Å²) < 4.78 is 4.84. The fourth-order valence-corrected chi connectivity index (χ4v) is 2.14. The number of methoxy groups -OCH3 is 1. The van der Waals surface area contributed by atoms with Crippen molar-refractivity contribution in [3.63, 3.8) is 0 Å². The molecule has 0 fully saturated rings. The van der Waals surface area contributed by atoms with Crippen molar-refractivity contribution in [3.05, 3.63) is 29.8 Å². The molecule has 1 atom stereocenters. The van der Waals surface area contributed by atoms with Crippen LogP contribution in [0.3, 0.4) is 0 Å². The summed E-state index contributed by atoms with van der Waals surface area (Å²) in [5, 5.41) is 0. The maximum atomic E-state index is 11.7. The minimum atomic E-state index is -0.166. The van der Waals surface area contributed by atoms with Crippen LogP contribution < -0.4 is 0 Å². The molecular weight excluding hydrogens is 220 g/mol. The van der Waals surface area contributed by atoms with Crippen molar-refractivity contribution in [1.29, 1.82) is 0 Å². The zero-order valence-corrected chi connectivity index (χ0v) is 11.0. The van der Waals surface area contributed by atoms with Crippen molar-refractivity contribution in [1.82, 2.24) is 0 Å². The van der Waals surface area contributed by atoms with E-state index in [0.717, 1.165) is 5.56 Å². The van der Waals surface area contributed by atoms with Gasteiger partial charge in [0.15, 0.2) is 0 Å². The van der Waals surface area contributed by atoms with Crippen molar-refractivity contribution in [3.8, 4) is 0 Å². The largest absolute Gasteiger partial charge is 0.469 e. The summed E-state index contributed by atoms with van der Waals surface area (Å²) in [5.41, 5.74) is 1.03. The van der Waals surface area contributed by atoms with Gasteiger partial charge in [0, 0.05) is 4.90 Å². The van der Waals surface area contributed by atoms with E-state index in [1.807, 2.05) is 44.4 Å². The Kier molecular flexibility index (Phi) is 4.87. The molecule has 0 saturated heterocycles. The lowest BCUT2D eigenvalue weighted by Gasteiger charge is -2.18. The van der Waals surface area contributed by atoms with Gasteiger partial charge in [-0.1, -0.05) is 26.0 Å². The Balaban J connectivity index is 2.97. The molecule has 2 nitrogen and oxygen atoms in total. The van der Waals surface area contributed by atoms with Crippen LogP contribution in [0, 0.1) is 5.92 Å². The van der Waals surface area contributed by atoms with E-state index in [-0.39, 0.29) is 17.8 Å². The molecule has 1 unspecified atom stereocenters. The summed E-state index contributed by atoms with van der Waals surface area (Å²) in [6, 6.07) is 8.09. The second-order valence-electron chi connectivity index (χ2n) is 4.02. The third-order valence-electron chi connectivity index (χ3n) is 2.60. The molecule has 0 aromatic heterocycles. The summed E-state index contributed by atoms with van der Waals surface area (Å²) in [4.78, 5) is 12.9. The number of hydrogen-bond donors (Lipinski definition) is 0.